The lowest BCUT2D eigenvalue weighted by Crippen LogP contribution is -2.52. The summed E-state index contributed by atoms with van der Waals surface area (Å²) < 4.78 is 26.9. The van der Waals surface area contributed by atoms with Crippen molar-refractivity contribution in [1.82, 2.24) is 9.80 Å². The summed E-state index contributed by atoms with van der Waals surface area (Å²) >= 11 is 0. The van der Waals surface area contributed by atoms with Crippen molar-refractivity contribution >= 4 is 23.2 Å². The summed E-state index contributed by atoms with van der Waals surface area (Å²) in [6, 6.07) is 11.1. The van der Waals surface area contributed by atoms with Gasteiger partial charge in [0.15, 0.2) is 0 Å². The number of carbonyl (C=O) groups excluding carboxylic acids is 2. The second-order valence-electron chi connectivity index (χ2n) is 11.0. The van der Waals surface area contributed by atoms with Crippen molar-refractivity contribution in [2.24, 2.45) is 0 Å². The number of hydrogen-bond donors (Lipinski definition) is 0. The molecule has 6 rings (SSSR count). The first-order valence-corrected chi connectivity index (χ1v) is 14.2. The lowest BCUT2D eigenvalue weighted by Gasteiger charge is -2.37. The van der Waals surface area contributed by atoms with Crippen LogP contribution in [0.4, 0.5) is 15.8 Å². The number of anilines is 2. The monoisotopic (exact) mass is 536 g/mol. The normalized spacial score (nSPS) is 23.8. The Morgan fingerprint density at radius 2 is 1.90 bits per heavy atom. The van der Waals surface area contributed by atoms with Gasteiger partial charge in [0.05, 0.1) is 11.8 Å². The summed E-state index contributed by atoms with van der Waals surface area (Å²) in [4.78, 5) is 33.0. The van der Waals surface area contributed by atoms with Crippen molar-refractivity contribution in [1.29, 1.82) is 0 Å². The Morgan fingerprint density at radius 1 is 1.05 bits per heavy atom. The zero-order valence-electron chi connectivity index (χ0n) is 22.6. The number of nitrogens with zero attached hydrogens (tertiary/aromatic N) is 4. The Kier molecular flexibility index (Phi) is 7.44. The molecule has 2 aromatic rings. The van der Waals surface area contributed by atoms with Crippen LogP contribution in [0.5, 0.6) is 5.75 Å². The molecule has 3 saturated heterocycles. The second kappa shape index (κ2) is 11.1. The maximum atomic E-state index is 15.4. The lowest BCUT2D eigenvalue weighted by molar-refractivity contribution is -0.130. The van der Waals surface area contributed by atoms with Gasteiger partial charge in [0.25, 0.3) is 5.91 Å². The third-order valence-corrected chi connectivity index (χ3v) is 8.64. The summed E-state index contributed by atoms with van der Waals surface area (Å²) in [5, 5.41) is 0. The van der Waals surface area contributed by atoms with Crippen LogP contribution in [0.1, 0.15) is 42.1 Å². The predicted molar refractivity (Wildman–Crippen MR) is 147 cm³/mol. The lowest BCUT2D eigenvalue weighted by atomic mass is 9.98. The van der Waals surface area contributed by atoms with E-state index in [-0.39, 0.29) is 23.7 Å². The van der Waals surface area contributed by atoms with E-state index in [4.69, 9.17) is 9.47 Å². The number of benzene rings is 2. The van der Waals surface area contributed by atoms with Crippen LogP contribution in [0.3, 0.4) is 0 Å². The van der Waals surface area contributed by atoms with Crippen molar-refractivity contribution < 1.29 is 23.5 Å². The molecule has 0 spiro atoms. The SMILES string of the molecule is CC(=O)N1CCN(C2CCN(c3ccc(N4CCc5cc(OC[C@@H]6CCCO6)ccc5C4=O)cc3F)C2)CC1. The number of carbonyl (C=O) groups is 2. The molecule has 0 saturated carbocycles. The van der Waals surface area contributed by atoms with Gasteiger partial charge in [0.2, 0.25) is 5.91 Å². The van der Waals surface area contributed by atoms with Crippen LogP contribution in [0.15, 0.2) is 36.4 Å². The molecule has 0 aliphatic carbocycles. The molecule has 4 aliphatic rings. The molecule has 9 heteroatoms. The Morgan fingerprint density at radius 3 is 2.64 bits per heavy atom. The molecule has 0 bridgehead atoms. The third-order valence-electron chi connectivity index (χ3n) is 8.64. The van der Waals surface area contributed by atoms with E-state index in [2.05, 4.69) is 9.80 Å². The second-order valence-corrected chi connectivity index (χ2v) is 11.0. The van der Waals surface area contributed by atoms with Gasteiger partial charge < -0.3 is 24.2 Å². The van der Waals surface area contributed by atoms with Gasteiger partial charge >= 0.3 is 0 Å². The Labute approximate surface area is 229 Å². The Balaban J connectivity index is 1.08. The molecule has 2 amide bonds. The molecule has 1 unspecified atom stereocenters. The molecular formula is C30H37FN4O4. The summed E-state index contributed by atoms with van der Waals surface area (Å²) in [6.07, 6.45) is 3.90. The minimum Gasteiger partial charge on any atom is -0.491 e. The van der Waals surface area contributed by atoms with Crippen molar-refractivity contribution in [3.8, 4) is 5.75 Å². The molecule has 0 aromatic heterocycles. The zero-order chi connectivity index (χ0) is 26.9. The van der Waals surface area contributed by atoms with Crippen LogP contribution >= 0.6 is 0 Å². The van der Waals surface area contributed by atoms with Crippen molar-refractivity contribution in [3.63, 3.8) is 0 Å². The van der Waals surface area contributed by atoms with E-state index >= 15 is 4.39 Å². The van der Waals surface area contributed by atoms with Crippen LogP contribution in [0.25, 0.3) is 0 Å². The quantitative estimate of drug-likeness (QED) is 0.565. The number of amides is 2. The molecule has 8 nitrogen and oxygen atoms in total. The smallest absolute Gasteiger partial charge is 0.258 e. The fourth-order valence-corrected chi connectivity index (χ4v) is 6.35. The number of hydrogen-bond acceptors (Lipinski definition) is 6. The van der Waals surface area contributed by atoms with E-state index in [0.717, 1.165) is 76.5 Å². The number of ether oxygens (including phenoxy) is 2. The standard InChI is InChI=1S/C30H37FN4O4/c1-21(36)32-12-14-33(15-13-32)24-9-10-34(19-24)29-7-4-23(18-28(29)31)35-11-8-22-17-25(5-6-27(22)30(35)37)39-20-26-3-2-16-38-26/h4-7,17-18,24,26H,2-3,8-16,19-20H2,1H3/t24?,26-/m0/s1. The summed E-state index contributed by atoms with van der Waals surface area (Å²) in [7, 11) is 0. The van der Waals surface area contributed by atoms with Gasteiger partial charge in [-0.15, -0.1) is 0 Å². The van der Waals surface area contributed by atoms with Gasteiger partial charge in [-0.2, -0.15) is 0 Å². The van der Waals surface area contributed by atoms with Crippen LogP contribution in [0.2, 0.25) is 0 Å². The Hall–Kier alpha value is -3.17. The van der Waals surface area contributed by atoms with Gasteiger partial charge in [0, 0.05) is 76.6 Å². The zero-order valence-corrected chi connectivity index (χ0v) is 22.6. The van der Waals surface area contributed by atoms with Crippen molar-refractivity contribution in [2.45, 2.75) is 44.8 Å². The number of fused-ring (bicyclic) bond motifs is 1. The first-order valence-electron chi connectivity index (χ1n) is 14.2. The molecule has 2 aromatic carbocycles. The van der Waals surface area contributed by atoms with Gasteiger partial charge in [-0.25, -0.2) is 4.39 Å². The van der Waals surface area contributed by atoms with E-state index in [0.29, 0.717) is 42.6 Å². The highest BCUT2D eigenvalue weighted by molar-refractivity contribution is 6.08. The van der Waals surface area contributed by atoms with Gasteiger partial charge in [-0.1, -0.05) is 0 Å². The predicted octanol–water partition coefficient (Wildman–Crippen LogP) is 3.33. The molecule has 0 N–H and O–H groups in total. The average molecular weight is 537 g/mol. The molecule has 3 fully saturated rings. The topological polar surface area (TPSA) is 65.6 Å². The molecule has 2 atom stereocenters. The highest BCUT2D eigenvalue weighted by Crippen LogP contribution is 2.32. The minimum absolute atomic E-state index is 0.111. The van der Waals surface area contributed by atoms with Crippen molar-refractivity contribution in [3.05, 3.63) is 53.3 Å². The van der Waals surface area contributed by atoms with Gasteiger partial charge in [-0.3, -0.25) is 14.5 Å². The van der Waals surface area contributed by atoms with E-state index < -0.39 is 0 Å². The fraction of sp³-hybridized carbons (Fsp3) is 0.533. The molecule has 4 heterocycles. The maximum absolute atomic E-state index is 15.4. The van der Waals surface area contributed by atoms with E-state index in [9.17, 15) is 9.59 Å². The first kappa shape index (κ1) is 26.1. The number of halogens is 1. The first-order chi connectivity index (χ1) is 19.0. The summed E-state index contributed by atoms with van der Waals surface area (Å²) in [6.45, 7) is 8.23. The van der Waals surface area contributed by atoms with Crippen molar-refractivity contribution in [2.75, 3.05) is 68.8 Å². The van der Waals surface area contributed by atoms with Gasteiger partial charge in [-0.05, 0) is 67.6 Å². The average Bonchev–Trinajstić information content (AvgIpc) is 3.65. The van der Waals surface area contributed by atoms with E-state index in [1.54, 1.807) is 11.8 Å². The number of piperazine rings is 1. The van der Waals surface area contributed by atoms with E-state index in [1.165, 1.54) is 6.07 Å². The minimum atomic E-state index is -0.300. The maximum Gasteiger partial charge on any atom is 0.258 e. The van der Waals surface area contributed by atoms with Crippen LogP contribution in [-0.4, -0.2) is 92.8 Å². The fourth-order valence-electron chi connectivity index (χ4n) is 6.35. The van der Waals surface area contributed by atoms with Crippen LogP contribution < -0.4 is 14.5 Å². The van der Waals surface area contributed by atoms with Gasteiger partial charge in [0.1, 0.15) is 18.2 Å². The van der Waals surface area contributed by atoms with Crippen LogP contribution in [-0.2, 0) is 16.0 Å². The third kappa shape index (κ3) is 5.47. The van der Waals surface area contributed by atoms with E-state index in [1.807, 2.05) is 35.2 Å². The molecule has 4 aliphatic heterocycles. The number of rotatable bonds is 6. The summed E-state index contributed by atoms with van der Waals surface area (Å²) in [5.74, 6) is 0.473. The molecule has 0 radical (unpaired) electrons. The summed E-state index contributed by atoms with van der Waals surface area (Å²) in [5.41, 5.74) is 2.77. The highest BCUT2D eigenvalue weighted by Gasteiger charge is 2.32. The Bertz CT molecular complexity index is 1230. The molecule has 208 valence electrons. The van der Waals surface area contributed by atoms with Crippen LogP contribution in [0, 0.1) is 5.82 Å². The largest absolute Gasteiger partial charge is 0.491 e. The molecule has 39 heavy (non-hydrogen) atoms. The highest BCUT2D eigenvalue weighted by atomic mass is 19.1. The molecular weight excluding hydrogens is 499 g/mol.